The first kappa shape index (κ1) is 24.0. The second kappa shape index (κ2) is 9.36. The fraction of sp³-hybridized carbons (Fsp3) is 0.192. The van der Waals surface area contributed by atoms with E-state index in [-0.39, 0.29) is 12.1 Å². The third kappa shape index (κ3) is 4.57. The van der Waals surface area contributed by atoms with Gasteiger partial charge in [0.25, 0.3) is 0 Å². The average Bonchev–Trinajstić information content (AvgIpc) is 3.40. The standard InChI is InChI=1S/C26H26N6O2S2/c1-17-15-19(10-11-21(17)30-36(3,33)34)32-25(24(29-26(32)35)22-8-4-5-14-28-22)23-12-9-18(2)31(23)20-7-6-13-27-16-20/h4-16,24-25,30H,1-3H3,(H,29,35)/t24-,25-/m0/s1. The summed E-state index contributed by atoms with van der Waals surface area (Å²) >= 11 is 5.86. The van der Waals surface area contributed by atoms with Crippen LogP contribution in [0.1, 0.15) is 34.7 Å². The van der Waals surface area contributed by atoms with Gasteiger partial charge in [0.15, 0.2) is 5.11 Å². The van der Waals surface area contributed by atoms with Gasteiger partial charge < -0.3 is 14.8 Å². The van der Waals surface area contributed by atoms with Gasteiger partial charge in [-0.25, -0.2) is 8.42 Å². The zero-order valence-electron chi connectivity index (χ0n) is 20.1. The lowest BCUT2D eigenvalue weighted by atomic mass is 10.0. The number of thiocarbonyl (C=S) groups is 1. The maximum atomic E-state index is 11.8. The van der Waals surface area contributed by atoms with Gasteiger partial charge in [-0.15, -0.1) is 0 Å². The maximum absolute atomic E-state index is 11.8. The Labute approximate surface area is 216 Å². The summed E-state index contributed by atoms with van der Waals surface area (Å²) in [6.45, 7) is 3.93. The molecule has 0 bridgehead atoms. The summed E-state index contributed by atoms with van der Waals surface area (Å²) in [7, 11) is -3.39. The van der Waals surface area contributed by atoms with Crippen LogP contribution in [-0.2, 0) is 10.0 Å². The van der Waals surface area contributed by atoms with E-state index in [1.165, 1.54) is 0 Å². The predicted octanol–water partition coefficient (Wildman–Crippen LogP) is 4.43. The number of hydrogen-bond acceptors (Lipinski definition) is 5. The van der Waals surface area contributed by atoms with Crippen molar-refractivity contribution in [2.75, 3.05) is 15.9 Å². The Morgan fingerprint density at radius 3 is 2.50 bits per heavy atom. The van der Waals surface area contributed by atoms with Crippen LogP contribution in [0.4, 0.5) is 11.4 Å². The number of aromatic nitrogens is 3. The number of sulfonamides is 1. The molecule has 1 aliphatic rings. The molecule has 0 radical (unpaired) electrons. The van der Waals surface area contributed by atoms with E-state index in [0.29, 0.717) is 10.8 Å². The van der Waals surface area contributed by atoms with Crippen LogP contribution in [0.2, 0.25) is 0 Å². The van der Waals surface area contributed by atoms with Crippen molar-refractivity contribution in [2.45, 2.75) is 25.9 Å². The van der Waals surface area contributed by atoms with Gasteiger partial charge in [0.1, 0.15) is 6.04 Å². The zero-order chi connectivity index (χ0) is 25.4. The molecule has 2 N–H and O–H groups in total. The predicted molar refractivity (Wildman–Crippen MR) is 146 cm³/mol. The number of anilines is 2. The van der Waals surface area contributed by atoms with Crippen LogP contribution in [0.3, 0.4) is 0 Å². The highest BCUT2D eigenvalue weighted by Gasteiger charge is 2.42. The average molecular weight is 519 g/mol. The van der Waals surface area contributed by atoms with E-state index in [2.05, 4.69) is 48.5 Å². The molecule has 1 aromatic carbocycles. The Bertz CT molecular complexity index is 1520. The molecule has 4 heterocycles. The van der Waals surface area contributed by atoms with Crippen molar-refractivity contribution in [3.05, 3.63) is 102 Å². The third-order valence-corrected chi connectivity index (χ3v) is 7.10. The normalized spacial score (nSPS) is 17.8. The van der Waals surface area contributed by atoms with E-state index >= 15 is 0 Å². The van der Waals surface area contributed by atoms with Gasteiger partial charge >= 0.3 is 0 Å². The molecule has 2 atom stereocenters. The van der Waals surface area contributed by atoms with Crippen molar-refractivity contribution < 1.29 is 8.42 Å². The van der Waals surface area contributed by atoms with Gasteiger partial charge in [-0.2, -0.15) is 0 Å². The van der Waals surface area contributed by atoms with Crippen LogP contribution in [0.25, 0.3) is 5.69 Å². The Kier molecular flexibility index (Phi) is 6.23. The molecule has 3 aromatic heterocycles. The second-order valence-electron chi connectivity index (χ2n) is 8.82. The molecule has 0 unspecified atom stereocenters. The molecule has 1 saturated heterocycles. The van der Waals surface area contributed by atoms with E-state index in [4.69, 9.17) is 12.2 Å². The molecule has 1 fully saturated rings. The molecule has 0 spiro atoms. The van der Waals surface area contributed by atoms with Crippen molar-refractivity contribution in [2.24, 2.45) is 0 Å². The number of nitrogens with one attached hydrogen (secondary N) is 2. The molecule has 5 rings (SSSR count). The van der Waals surface area contributed by atoms with E-state index < -0.39 is 10.0 Å². The lowest BCUT2D eigenvalue weighted by Crippen LogP contribution is -2.30. The first-order valence-corrected chi connectivity index (χ1v) is 13.7. The van der Waals surface area contributed by atoms with E-state index in [9.17, 15) is 8.42 Å². The second-order valence-corrected chi connectivity index (χ2v) is 11.0. The first-order valence-electron chi connectivity index (χ1n) is 11.4. The summed E-state index contributed by atoms with van der Waals surface area (Å²) in [5.41, 5.74) is 6.10. The summed E-state index contributed by atoms with van der Waals surface area (Å²) in [5.74, 6) is 0. The van der Waals surface area contributed by atoms with Gasteiger partial charge in [0, 0.05) is 29.5 Å². The third-order valence-electron chi connectivity index (χ3n) is 6.19. The van der Waals surface area contributed by atoms with Crippen molar-refractivity contribution in [1.82, 2.24) is 19.9 Å². The SMILES string of the molecule is Cc1cc(N2C(=S)N[C@@H](c3ccccn3)[C@@H]2c2ccc(C)n2-c2cccnc2)ccc1NS(C)(=O)=O. The summed E-state index contributed by atoms with van der Waals surface area (Å²) in [6, 6.07) is 19.1. The number of rotatable bonds is 6. The number of benzene rings is 1. The molecular weight excluding hydrogens is 492 g/mol. The lowest BCUT2D eigenvalue weighted by Gasteiger charge is -2.29. The van der Waals surface area contributed by atoms with Crippen LogP contribution >= 0.6 is 12.2 Å². The van der Waals surface area contributed by atoms with E-state index in [1.54, 1.807) is 18.5 Å². The maximum Gasteiger partial charge on any atom is 0.229 e. The Morgan fingerprint density at radius 2 is 1.83 bits per heavy atom. The van der Waals surface area contributed by atoms with Crippen molar-refractivity contribution in [1.29, 1.82) is 0 Å². The van der Waals surface area contributed by atoms with Crippen molar-refractivity contribution in [3.8, 4) is 5.69 Å². The largest absolute Gasteiger partial charge is 0.351 e. The highest BCUT2D eigenvalue weighted by Crippen LogP contribution is 2.43. The van der Waals surface area contributed by atoms with Crippen molar-refractivity contribution in [3.63, 3.8) is 0 Å². The number of hydrogen-bond donors (Lipinski definition) is 2. The summed E-state index contributed by atoms with van der Waals surface area (Å²) in [6.07, 6.45) is 6.52. The minimum absolute atomic E-state index is 0.211. The van der Waals surface area contributed by atoms with Crippen LogP contribution < -0.4 is 14.9 Å². The zero-order valence-corrected chi connectivity index (χ0v) is 21.7. The Balaban J connectivity index is 1.66. The molecule has 0 amide bonds. The highest BCUT2D eigenvalue weighted by molar-refractivity contribution is 7.92. The summed E-state index contributed by atoms with van der Waals surface area (Å²) < 4.78 is 28.3. The van der Waals surface area contributed by atoms with Gasteiger partial charge in [0.2, 0.25) is 10.0 Å². The Morgan fingerprint density at radius 1 is 1.00 bits per heavy atom. The Hall–Kier alpha value is -3.76. The highest BCUT2D eigenvalue weighted by atomic mass is 32.2. The molecule has 0 saturated carbocycles. The number of pyridine rings is 2. The van der Waals surface area contributed by atoms with Crippen LogP contribution in [0, 0.1) is 13.8 Å². The fourth-order valence-corrected chi connectivity index (χ4v) is 5.65. The molecule has 8 nitrogen and oxygen atoms in total. The topological polar surface area (TPSA) is 92.2 Å². The quantitative estimate of drug-likeness (QED) is 0.365. The molecule has 36 heavy (non-hydrogen) atoms. The van der Waals surface area contributed by atoms with Crippen LogP contribution in [0.5, 0.6) is 0 Å². The first-order chi connectivity index (χ1) is 17.2. The summed E-state index contributed by atoms with van der Waals surface area (Å²) in [4.78, 5) is 11.0. The monoisotopic (exact) mass is 518 g/mol. The van der Waals surface area contributed by atoms with Gasteiger partial charge in [-0.3, -0.25) is 14.7 Å². The fourth-order valence-electron chi connectivity index (χ4n) is 4.67. The molecule has 184 valence electrons. The van der Waals surface area contributed by atoms with E-state index in [0.717, 1.165) is 40.3 Å². The number of nitrogens with zero attached hydrogens (tertiary/aromatic N) is 4. The minimum Gasteiger partial charge on any atom is -0.351 e. The van der Waals surface area contributed by atoms with E-state index in [1.807, 2.05) is 55.6 Å². The van der Waals surface area contributed by atoms with Gasteiger partial charge in [0.05, 0.1) is 35.6 Å². The smallest absolute Gasteiger partial charge is 0.229 e. The molecule has 10 heteroatoms. The molecule has 1 aliphatic heterocycles. The van der Waals surface area contributed by atoms with Gasteiger partial charge in [-0.05, 0) is 86.2 Å². The number of aryl methyl sites for hydroxylation is 2. The lowest BCUT2D eigenvalue weighted by molar-refractivity contribution is 0.548. The minimum atomic E-state index is -3.39. The van der Waals surface area contributed by atoms with Crippen LogP contribution in [0.15, 0.2) is 79.3 Å². The molecular formula is C26H26N6O2S2. The van der Waals surface area contributed by atoms with Crippen molar-refractivity contribution >= 4 is 38.7 Å². The summed E-state index contributed by atoms with van der Waals surface area (Å²) in [5, 5.41) is 4.05. The molecule has 4 aromatic rings. The molecule has 0 aliphatic carbocycles. The van der Waals surface area contributed by atoms with Crippen LogP contribution in [-0.4, -0.2) is 34.3 Å². The van der Waals surface area contributed by atoms with Gasteiger partial charge in [-0.1, -0.05) is 6.07 Å².